The summed E-state index contributed by atoms with van der Waals surface area (Å²) < 4.78 is 15.4. The Hall–Kier alpha value is -2.95. The first kappa shape index (κ1) is 12.8. The van der Waals surface area contributed by atoms with Crippen LogP contribution in [-0.2, 0) is 6.42 Å². The van der Waals surface area contributed by atoms with Crippen molar-refractivity contribution in [2.24, 2.45) is 0 Å². The van der Waals surface area contributed by atoms with Gasteiger partial charge in [0.25, 0.3) is 0 Å². The lowest BCUT2D eigenvalue weighted by Crippen LogP contribution is -2.02. The summed E-state index contributed by atoms with van der Waals surface area (Å²) in [7, 11) is 0. The molecular formula is C17H13FN4. The molecule has 2 aromatic carbocycles. The van der Waals surface area contributed by atoms with Crippen LogP contribution in [0, 0.1) is 5.82 Å². The molecule has 0 aliphatic rings. The van der Waals surface area contributed by atoms with E-state index in [1.165, 1.54) is 12.1 Å². The third-order valence-electron chi connectivity index (χ3n) is 3.70. The van der Waals surface area contributed by atoms with Crippen molar-refractivity contribution in [1.82, 2.24) is 14.4 Å². The second-order valence-corrected chi connectivity index (χ2v) is 5.20. The molecule has 5 heteroatoms. The second-order valence-electron chi connectivity index (χ2n) is 5.20. The minimum absolute atomic E-state index is 0.239. The molecular weight excluding hydrogens is 279 g/mol. The van der Waals surface area contributed by atoms with Crippen LogP contribution in [0.2, 0.25) is 0 Å². The van der Waals surface area contributed by atoms with Crippen LogP contribution in [0.15, 0.2) is 54.7 Å². The summed E-state index contributed by atoms with van der Waals surface area (Å²) in [5.41, 5.74) is 10.2. The van der Waals surface area contributed by atoms with Crippen LogP contribution in [0.3, 0.4) is 0 Å². The maximum Gasteiger partial charge on any atom is 0.180 e. The Morgan fingerprint density at radius 3 is 2.82 bits per heavy atom. The molecule has 0 atom stereocenters. The van der Waals surface area contributed by atoms with E-state index in [1.807, 2.05) is 34.7 Å². The van der Waals surface area contributed by atoms with Gasteiger partial charge in [-0.25, -0.2) is 14.4 Å². The smallest absolute Gasteiger partial charge is 0.180 e. The number of benzene rings is 2. The zero-order chi connectivity index (χ0) is 15.1. The van der Waals surface area contributed by atoms with Crippen LogP contribution < -0.4 is 5.73 Å². The predicted molar refractivity (Wildman–Crippen MR) is 84.1 cm³/mol. The van der Waals surface area contributed by atoms with Gasteiger partial charge >= 0.3 is 0 Å². The first-order chi connectivity index (χ1) is 10.7. The Morgan fingerprint density at radius 2 is 1.95 bits per heavy atom. The zero-order valence-corrected chi connectivity index (χ0v) is 11.7. The Labute approximate surface area is 126 Å². The van der Waals surface area contributed by atoms with Gasteiger partial charge < -0.3 is 5.73 Å². The predicted octanol–water partition coefficient (Wildman–Crippen LogP) is 3.19. The van der Waals surface area contributed by atoms with Crippen molar-refractivity contribution >= 4 is 22.5 Å². The van der Waals surface area contributed by atoms with Crippen molar-refractivity contribution in [2.45, 2.75) is 6.42 Å². The number of halogens is 1. The normalized spacial score (nSPS) is 11.3. The van der Waals surface area contributed by atoms with Gasteiger partial charge in [-0.3, -0.25) is 4.40 Å². The topological polar surface area (TPSA) is 56.2 Å². The molecule has 0 bridgehead atoms. The molecule has 4 aromatic rings. The van der Waals surface area contributed by atoms with Crippen molar-refractivity contribution in [3.8, 4) is 0 Å². The zero-order valence-electron chi connectivity index (χ0n) is 11.7. The number of nitrogens with zero attached hydrogens (tertiary/aromatic N) is 3. The number of para-hydroxylation sites is 2. The maximum absolute atomic E-state index is 13.4. The first-order valence-electron chi connectivity index (χ1n) is 6.97. The Balaban J connectivity index is 1.95. The van der Waals surface area contributed by atoms with Gasteiger partial charge in [0.1, 0.15) is 5.82 Å². The van der Waals surface area contributed by atoms with Gasteiger partial charge in [-0.1, -0.05) is 24.3 Å². The standard InChI is InChI=1S/C17H13FN4/c18-12-5-3-4-11(8-12)9-13-10-20-17-16(19)21-14-6-1-2-7-15(14)22(13)17/h1-8,10H,9H2,(H2,19,21). The quantitative estimate of drug-likeness (QED) is 0.617. The molecule has 2 heterocycles. The van der Waals surface area contributed by atoms with E-state index in [2.05, 4.69) is 9.97 Å². The van der Waals surface area contributed by atoms with Gasteiger partial charge in [-0.05, 0) is 29.8 Å². The number of nitrogens with two attached hydrogens (primary N) is 1. The van der Waals surface area contributed by atoms with Crippen LogP contribution in [-0.4, -0.2) is 14.4 Å². The second kappa shape index (κ2) is 4.80. The van der Waals surface area contributed by atoms with Crippen molar-refractivity contribution < 1.29 is 4.39 Å². The monoisotopic (exact) mass is 292 g/mol. The first-order valence-corrected chi connectivity index (χ1v) is 6.97. The van der Waals surface area contributed by atoms with E-state index in [9.17, 15) is 4.39 Å². The molecule has 0 aliphatic heterocycles. The highest BCUT2D eigenvalue weighted by molar-refractivity contribution is 5.82. The number of rotatable bonds is 2. The van der Waals surface area contributed by atoms with Gasteiger partial charge in [0.15, 0.2) is 11.5 Å². The van der Waals surface area contributed by atoms with Crippen LogP contribution >= 0.6 is 0 Å². The molecule has 0 spiro atoms. The van der Waals surface area contributed by atoms with E-state index in [-0.39, 0.29) is 5.82 Å². The highest BCUT2D eigenvalue weighted by Crippen LogP contribution is 2.22. The van der Waals surface area contributed by atoms with Gasteiger partial charge in [0, 0.05) is 18.3 Å². The van der Waals surface area contributed by atoms with Gasteiger partial charge in [-0.15, -0.1) is 0 Å². The Bertz CT molecular complexity index is 990. The van der Waals surface area contributed by atoms with Crippen LogP contribution in [0.25, 0.3) is 16.7 Å². The van der Waals surface area contributed by atoms with E-state index >= 15 is 0 Å². The van der Waals surface area contributed by atoms with Crippen LogP contribution in [0.4, 0.5) is 10.2 Å². The summed E-state index contributed by atoms with van der Waals surface area (Å²) in [4.78, 5) is 8.74. The summed E-state index contributed by atoms with van der Waals surface area (Å²) in [6, 6.07) is 14.3. The van der Waals surface area contributed by atoms with Crippen LogP contribution in [0.5, 0.6) is 0 Å². The summed E-state index contributed by atoms with van der Waals surface area (Å²) in [6.07, 6.45) is 2.34. The summed E-state index contributed by atoms with van der Waals surface area (Å²) >= 11 is 0. The largest absolute Gasteiger partial charge is 0.381 e. The molecule has 0 radical (unpaired) electrons. The maximum atomic E-state index is 13.4. The Kier molecular flexibility index (Phi) is 2.79. The molecule has 0 saturated carbocycles. The average molecular weight is 292 g/mol. The molecule has 0 amide bonds. The number of fused-ring (bicyclic) bond motifs is 3. The van der Waals surface area contributed by atoms with E-state index in [4.69, 9.17) is 5.73 Å². The van der Waals surface area contributed by atoms with E-state index in [0.717, 1.165) is 22.3 Å². The number of aromatic nitrogens is 3. The lowest BCUT2D eigenvalue weighted by atomic mass is 10.1. The molecule has 2 N–H and O–H groups in total. The number of hydrogen-bond acceptors (Lipinski definition) is 3. The summed E-state index contributed by atoms with van der Waals surface area (Å²) in [6.45, 7) is 0. The molecule has 22 heavy (non-hydrogen) atoms. The SMILES string of the molecule is Nc1nc2ccccc2n2c(Cc3cccc(F)c3)cnc12. The van der Waals surface area contributed by atoms with Crippen molar-refractivity contribution in [2.75, 3.05) is 5.73 Å². The molecule has 2 aromatic heterocycles. The minimum atomic E-state index is -0.239. The van der Waals surface area contributed by atoms with Crippen LogP contribution in [0.1, 0.15) is 11.3 Å². The number of anilines is 1. The highest BCUT2D eigenvalue weighted by atomic mass is 19.1. The van der Waals surface area contributed by atoms with Crippen molar-refractivity contribution in [3.05, 3.63) is 71.8 Å². The van der Waals surface area contributed by atoms with Crippen molar-refractivity contribution in [3.63, 3.8) is 0 Å². The fourth-order valence-corrected chi connectivity index (χ4v) is 2.74. The molecule has 4 rings (SSSR count). The third-order valence-corrected chi connectivity index (χ3v) is 3.70. The molecule has 0 unspecified atom stereocenters. The molecule has 0 saturated heterocycles. The van der Waals surface area contributed by atoms with E-state index in [1.54, 1.807) is 12.3 Å². The molecule has 4 nitrogen and oxygen atoms in total. The van der Waals surface area contributed by atoms with Gasteiger partial charge in [-0.2, -0.15) is 0 Å². The number of nitrogen functional groups attached to an aromatic ring is 1. The summed E-state index contributed by atoms with van der Waals surface area (Å²) in [5.74, 6) is 0.154. The summed E-state index contributed by atoms with van der Waals surface area (Å²) in [5, 5.41) is 0. The number of hydrogen-bond donors (Lipinski definition) is 1. The van der Waals surface area contributed by atoms with Gasteiger partial charge in [0.05, 0.1) is 11.0 Å². The molecule has 0 fully saturated rings. The lowest BCUT2D eigenvalue weighted by molar-refractivity contribution is 0.626. The fraction of sp³-hybridized carbons (Fsp3) is 0.0588. The van der Waals surface area contributed by atoms with E-state index < -0.39 is 0 Å². The third kappa shape index (κ3) is 1.98. The van der Waals surface area contributed by atoms with Crippen molar-refractivity contribution in [1.29, 1.82) is 0 Å². The highest BCUT2D eigenvalue weighted by Gasteiger charge is 2.12. The molecule has 0 aliphatic carbocycles. The Morgan fingerprint density at radius 1 is 1.09 bits per heavy atom. The van der Waals surface area contributed by atoms with E-state index in [0.29, 0.717) is 17.9 Å². The fourth-order valence-electron chi connectivity index (χ4n) is 2.74. The number of imidazole rings is 1. The molecule has 108 valence electrons. The average Bonchev–Trinajstić information content (AvgIpc) is 2.92. The lowest BCUT2D eigenvalue weighted by Gasteiger charge is -2.07. The minimum Gasteiger partial charge on any atom is -0.381 e. The van der Waals surface area contributed by atoms with Gasteiger partial charge in [0.2, 0.25) is 0 Å².